The molecule has 4 heteroatoms. The van der Waals surface area contributed by atoms with Crippen LogP contribution in [0.1, 0.15) is 38.2 Å². The first-order valence-corrected chi connectivity index (χ1v) is 6.63. The molecule has 0 aliphatic carbocycles. The van der Waals surface area contributed by atoms with Gasteiger partial charge in [0.2, 0.25) is 0 Å². The molecule has 2 aromatic heterocycles. The first-order valence-electron chi connectivity index (χ1n) is 5.75. The van der Waals surface area contributed by atoms with E-state index in [-0.39, 0.29) is 0 Å². The zero-order valence-electron chi connectivity index (χ0n) is 10.3. The van der Waals surface area contributed by atoms with Gasteiger partial charge in [-0.3, -0.25) is 4.40 Å². The van der Waals surface area contributed by atoms with Crippen molar-refractivity contribution in [3.63, 3.8) is 0 Å². The predicted molar refractivity (Wildman–Crippen MR) is 69.1 cm³/mol. The molecule has 88 valence electrons. The van der Waals surface area contributed by atoms with Crippen molar-refractivity contribution >= 4 is 16.3 Å². The van der Waals surface area contributed by atoms with Crippen molar-refractivity contribution in [2.75, 3.05) is 6.54 Å². The van der Waals surface area contributed by atoms with Crippen LogP contribution in [0.4, 0.5) is 0 Å². The minimum absolute atomic E-state index is 0.354. The van der Waals surface area contributed by atoms with Gasteiger partial charge in [-0.15, -0.1) is 11.3 Å². The SMILES string of the molecule is Cc1nc2sccn2c1C(C)NCC(C)C. The van der Waals surface area contributed by atoms with Crippen LogP contribution in [-0.2, 0) is 0 Å². The number of thiazole rings is 1. The standard InChI is InChI=1S/C12H19N3S/c1-8(2)7-13-9(3)11-10(4)14-12-15(11)5-6-16-12/h5-6,8-9,13H,7H2,1-4H3. The number of nitrogens with zero attached hydrogens (tertiary/aromatic N) is 2. The molecule has 0 amide bonds. The minimum atomic E-state index is 0.354. The molecule has 0 radical (unpaired) electrons. The highest BCUT2D eigenvalue weighted by molar-refractivity contribution is 7.15. The molecule has 0 aliphatic rings. The third-order valence-electron chi connectivity index (χ3n) is 2.73. The Kier molecular flexibility index (Phi) is 3.30. The van der Waals surface area contributed by atoms with Crippen LogP contribution in [0.3, 0.4) is 0 Å². The predicted octanol–water partition coefficient (Wildman–Crippen LogP) is 3.01. The largest absolute Gasteiger partial charge is 0.309 e. The molecular formula is C12H19N3S. The monoisotopic (exact) mass is 237 g/mol. The van der Waals surface area contributed by atoms with Gasteiger partial charge >= 0.3 is 0 Å². The van der Waals surface area contributed by atoms with Gasteiger partial charge in [0, 0.05) is 17.6 Å². The smallest absolute Gasteiger partial charge is 0.194 e. The number of aromatic nitrogens is 2. The summed E-state index contributed by atoms with van der Waals surface area (Å²) < 4.78 is 2.19. The molecular weight excluding hydrogens is 218 g/mol. The highest BCUT2D eigenvalue weighted by Crippen LogP contribution is 2.22. The fraction of sp³-hybridized carbons (Fsp3) is 0.583. The first-order chi connectivity index (χ1) is 7.59. The van der Waals surface area contributed by atoms with Crippen molar-refractivity contribution in [1.82, 2.24) is 14.7 Å². The second kappa shape index (κ2) is 4.55. The third kappa shape index (κ3) is 2.13. The van der Waals surface area contributed by atoms with Gasteiger partial charge in [0.25, 0.3) is 0 Å². The second-order valence-corrected chi connectivity index (χ2v) is 5.53. The Balaban J connectivity index is 2.24. The van der Waals surface area contributed by atoms with Crippen molar-refractivity contribution in [2.45, 2.75) is 33.7 Å². The van der Waals surface area contributed by atoms with Crippen LogP contribution in [0.2, 0.25) is 0 Å². The molecule has 2 rings (SSSR count). The fourth-order valence-corrected chi connectivity index (χ4v) is 2.71. The van der Waals surface area contributed by atoms with Crippen molar-refractivity contribution in [3.05, 3.63) is 23.0 Å². The van der Waals surface area contributed by atoms with Crippen molar-refractivity contribution < 1.29 is 0 Å². The number of imidazole rings is 1. The fourth-order valence-electron chi connectivity index (χ4n) is 1.94. The molecule has 0 aromatic carbocycles. The van der Waals surface area contributed by atoms with Gasteiger partial charge < -0.3 is 5.32 Å². The highest BCUT2D eigenvalue weighted by atomic mass is 32.1. The lowest BCUT2D eigenvalue weighted by Gasteiger charge is -2.15. The quantitative estimate of drug-likeness (QED) is 0.885. The molecule has 3 nitrogen and oxygen atoms in total. The van der Waals surface area contributed by atoms with Crippen LogP contribution >= 0.6 is 11.3 Å². The van der Waals surface area contributed by atoms with E-state index in [0.717, 1.165) is 17.2 Å². The van der Waals surface area contributed by atoms with Gasteiger partial charge in [-0.25, -0.2) is 4.98 Å². The van der Waals surface area contributed by atoms with E-state index in [1.165, 1.54) is 5.69 Å². The van der Waals surface area contributed by atoms with Crippen molar-refractivity contribution in [3.8, 4) is 0 Å². The molecule has 0 spiro atoms. The number of rotatable bonds is 4. The van der Waals surface area contributed by atoms with Gasteiger partial charge in [0.1, 0.15) is 0 Å². The number of aryl methyl sites for hydroxylation is 1. The van der Waals surface area contributed by atoms with Gasteiger partial charge in [-0.1, -0.05) is 13.8 Å². The summed E-state index contributed by atoms with van der Waals surface area (Å²) in [5, 5.41) is 5.63. The lowest BCUT2D eigenvalue weighted by Crippen LogP contribution is -2.24. The molecule has 0 fully saturated rings. The summed E-state index contributed by atoms with van der Waals surface area (Å²) in [4.78, 5) is 5.65. The van der Waals surface area contributed by atoms with E-state index in [4.69, 9.17) is 0 Å². The summed E-state index contributed by atoms with van der Waals surface area (Å²) in [5.41, 5.74) is 2.42. The second-order valence-electron chi connectivity index (χ2n) is 4.66. The molecule has 0 bridgehead atoms. The summed E-state index contributed by atoms with van der Waals surface area (Å²) in [5.74, 6) is 0.675. The maximum Gasteiger partial charge on any atom is 0.194 e. The molecule has 2 heterocycles. The van der Waals surface area contributed by atoms with E-state index in [1.54, 1.807) is 11.3 Å². The molecule has 1 N–H and O–H groups in total. The van der Waals surface area contributed by atoms with Crippen LogP contribution in [0.15, 0.2) is 11.6 Å². The van der Waals surface area contributed by atoms with Gasteiger partial charge in [-0.05, 0) is 26.3 Å². The summed E-state index contributed by atoms with van der Waals surface area (Å²) in [6.07, 6.45) is 2.10. The molecule has 16 heavy (non-hydrogen) atoms. The molecule has 1 unspecified atom stereocenters. The topological polar surface area (TPSA) is 29.3 Å². The summed E-state index contributed by atoms with van der Waals surface area (Å²) in [6, 6.07) is 0.354. The van der Waals surface area contributed by atoms with Crippen LogP contribution in [0, 0.1) is 12.8 Å². The number of fused-ring (bicyclic) bond motifs is 1. The van der Waals surface area contributed by atoms with Crippen LogP contribution in [0.5, 0.6) is 0 Å². The number of hydrogen-bond donors (Lipinski definition) is 1. The van der Waals surface area contributed by atoms with E-state index in [9.17, 15) is 0 Å². The van der Waals surface area contributed by atoms with Crippen LogP contribution < -0.4 is 5.32 Å². The lowest BCUT2D eigenvalue weighted by molar-refractivity contribution is 0.487. The molecule has 0 saturated carbocycles. The maximum atomic E-state index is 4.56. The first kappa shape index (κ1) is 11.6. The van der Waals surface area contributed by atoms with Crippen molar-refractivity contribution in [2.24, 2.45) is 5.92 Å². The molecule has 2 aromatic rings. The Hall–Kier alpha value is -0.870. The zero-order chi connectivity index (χ0) is 11.7. The van der Waals surface area contributed by atoms with Gasteiger partial charge in [0.15, 0.2) is 4.96 Å². The zero-order valence-corrected chi connectivity index (χ0v) is 11.1. The van der Waals surface area contributed by atoms with Gasteiger partial charge in [0.05, 0.1) is 11.4 Å². The Morgan fingerprint density at radius 2 is 2.19 bits per heavy atom. The van der Waals surface area contributed by atoms with Crippen LogP contribution in [0.25, 0.3) is 4.96 Å². The Bertz CT molecular complexity index is 470. The minimum Gasteiger partial charge on any atom is -0.309 e. The van der Waals surface area contributed by atoms with E-state index >= 15 is 0 Å². The lowest BCUT2D eigenvalue weighted by atomic mass is 10.1. The van der Waals surface area contributed by atoms with E-state index in [0.29, 0.717) is 12.0 Å². The Morgan fingerprint density at radius 3 is 2.88 bits per heavy atom. The summed E-state index contributed by atoms with van der Waals surface area (Å²) in [6.45, 7) is 9.78. The number of nitrogens with one attached hydrogen (secondary N) is 1. The highest BCUT2D eigenvalue weighted by Gasteiger charge is 2.15. The van der Waals surface area contributed by atoms with E-state index in [1.807, 2.05) is 0 Å². The number of hydrogen-bond acceptors (Lipinski definition) is 3. The average molecular weight is 237 g/mol. The molecule has 0 saturated heterocycles. The summed E-state index contributed by atoms with van der Waals surface area (Å²) in [7, 11) is 0. The van der Waals surface area contributed by atoms with E-state index < -0.39 is 0 Å². The summed E-state index contributed by atoms with van der Waals surface area (Å²) >= 11 is 1.69. The van der Waals surface area contributed by atoms with Crippen molar-refractivity contribution in [1.29, 1.82) is 0 Å². The molecule has 1 atom stereocenters. The Labute approximate surface area is 101 Å². The molecule has 0 aliphatic heterocycles. The third-order valence-corrected chi connectivity index (χ3v) is 3.48. The average Bonchev–Trinajstić information content (AvgIpc) is 2.73. The van der Waals surface area contributed by atoms with E-state index in [2.05, 4.69) is 54.0 Å². The van der Waals surface area contributed by atoms with Crippen LogP contribution in [-0.4, -0.2) is 15.9 Å². The Morgan fingerprint density at radius 1 is 1.44 bits per heavy atom. The normalized spacial score (nSPS) is 13.8. The van der Waals surface area contributed by atoms with Gasteiger partial charge in [-0.2, -0.15) is 0 Å². The maximum absolute atomic E-state index is 4.56.